The maximum Gasteiger partial charge on any atom is 0.210 e. The molecule has 0 amide bonds. The zero-order valence-corrected chi connectivity index (χ0v) is 15.5. The first kappa shape index (κ1) is 17.3. The van der Waals surface area contributed by atoms with Gasteiger partial charge in [0.15, 0.2) is 11.6 Å². The topological polar surface area (TPSA) is 102 Å². The second-order valence-electron chi connectivity index (χ2n) is 6.03. The van der Waals surface area contributed by atoms with Crippen LogP contribution in [0.3, 0.4) is 0 Å². The summed E-state index contributed by atoms with van der Waals surface area (Å²) in [5.74, 6) is 6.85. The van der Waals surface area contributed by atoms with Crippen molar-refractivity contribution in [3.63, 3.8) is 0 Å². The fraction of sp³-hybridized carbons (Fsp3) is 0.158. The molecule has 0 bridgehead atoms. The van der Waals surface area contributed by atoms with E-state index >= 15 is 0 Å². The number of nitrogens with two attached hydrogens (primary N) is 1. The van der Waals surface area contributed by atoms with Crippen molar-refractivity contribution in [1.29, 1.82) is 0 Å². The quantitative estimate of drug-likeness (QED) is 0.304. The summed E-state index contributed by atoms with van der Waals surface area (Å²) < 4.78 is 1.39. The van der Waals surface area contributed by atoms with E-state index in [1.165, 1.54) is 22.0 Å². The molecule has 3 N–H and O–H groups in total. The second-order valence-corrected chi connectivity index (χ2v) is 6.97. The van der Waals surface area contributed by atoms with Gasteiger partial charge in [-0.3, -0.25) is 9.78 Å². The number of carbonyl (C=O) groups is 1. The van der Waals surface area contributed by atoms with Crippen LogP contribution in [0.15, 0.2) is 54.1 Å². The number of rotatable bonds is 6. The highest BCUT2D eigenvalue weighted by atomic mass is 32.2. The Labute approximate surface area is 160 Å². The molecule has 0 fully saturated rings. The van der Waals surface area contributed by atoms with Gasteiger partial charge in [-0.25, -0.2) is 4.68 Å². The molecule has 0 atom stereocenters. The number of benzene rings is 1. The summed E-state index contributed by atoms with van der Waals surface area (Å²) in [5.41, 5.74) is 3.67. The number of nitrogens with one attached hydrogen (secondary N) is 1. The van der Waals surface area contributed by atoms with E-state index in [1.54, 1.807) is 18.6 Å². The third-order valence-corrected chi connectivity index (χ3v) is 5.34. The van der Waals surface area contributed by atoms with Gasteiger partial charge in [0.05, 0.1) is 5.75 Å². The van der Waals surface area contributed by atoms with Gasteiger partial charge in [-0.05, 0) is 24.1 Å². The van der Waals surface area contributed by atoms with E-state index in [0.29, 0.717) is 16.5 Å². The van der Waals surface area contributed by atoms with Gasteiger partial charge in [0.25, 0.3) is 0 Å². The highest BCUT2D eigenvalue weighted by molar-refractivity contribution is 7.99. The monoisotopic (exact) mass is 378 g/mol. The molecule has 0 aliphatic carbocycles. The number of para-hydroxylation sites is 1. The van der Waals surface area contributed by atoms with E-state index < -0.39 is 0 Å². The number of hydrogen-bond acceptors (Lipinski definition) is 6. The lowest BCUT2D eigenvalue weighted by Gasteiger charge is -2.03. The number of aromatic nitrogens is 5. The van der Waals surface area contributed by atoms with Gasteiger partial charge in [0, 0.05) is 40.6 Å². The third kappa shape index (κ3) is 3.19. The number of hydrogen-bond donors (Lipinski definition) is 2. The fourth-order valence-corrected chi connectivity index (χ4v) is 3.76. The average Bonchev–Trinajstić information content (AvgIpc) is 3.30. The van der Waals surface area contributed by atoms with Crippen LogP contribution >= 0.6 is 11.8 Å². The Morgan fingerprint density at radius 2 is 2.15 bits per heavy atom. The molecule has 0 saturated carbocycles. The number of thioether (sulfide) groups is 1. The Morgan fingerprint density at radius 3 is 2.93 bits per heavy atom. The summed E-state index contributed by atoms with van der Waals surface area (Å²) in [6.45, 7) is 2.10. The number of H-pyrrole nitrogens is 1. The lowest BCUT2D eigenvalue weighted by Crippen LogP contribution is -2.12. The van der Waals surface area contributed by atoms with Gasteiger partial charge in [0.2, 0.25) is 5.16 Å². The molecule has 3 aromatic heterocycles. The first-order valence-electron chi connectivity index (χ1n) is 8.55. The van der Waals surface area contributed by atoms with Crippen LogP contribution in [0, 0.1) is 0 Å². The van der Waals surface area contributed by atoms with E-state index in [4.69, 9.17) is 5.84 Å². The number of nitrogen functional groups attached to an aromatic ring is 1. The van der Waals surface area contributed by atoms with E-state index in [1.807, 2.05) is 24.3 Å². The molecule has 3 heterocycles. The molecule has 4 rings (SSSR count). The molecule has 0 aliphatic heterocycles. The van der Waals surface area contributed by atoms with Gasteiger partial charge in [0.1, 0.15) is 0 Å². The van der Waals surface area contributed by atoms with Gasteiger partial charge in [-0.1, -0.05) is 36.9 Å². The van der Waals surface area contributed by atoms with Crippen molar-refractivity contribution in [3.05, 3.63) is 60.0 Å². The Kier molecular flexibility index (Phi) is 4.64. The molecule has 136 valence electrons. The maximum absolute atomic E-state index is 12.7. The zero-order chi connectivity index (χ0) is 18.8. The molecule has 8 heteroatoms. The van der Waals surface area contributed by atoms with Crippen LogP contribution in [0.4, 0.5) is 0 Å². The van der Waals surface area contributed by atoms with Gasteiger partial charge < -0.3 is 10.8 Å². The van der Waals surface area contributed by atoms with Crippen LogP contribution in [0.25, 0.3) is 22.3 Å². The van der Waals surface area contributed by atoms with Crippen molar-refractivity contribution in [2.75, 3.05) is 11.6 Å². The summed E-state index contributed by atoms with van der Waals surface area (Å²) >= 11 is 1.27. The number of ketones is 1. The van der Waals surface area contributed by atoms with Crippen molar-refractivity contribution in [2.45, 2.75) is 18.5 Å². The number of nitrogens with zero attached hydrogens (tertiary/aromatic N) is 4. The summed E-state index contributed by atoms with van der Waals surface area (Å²) in [6, 6.07) is 9.68. The average molecular weight is 378 g/mol. The number of fused-ring (bicyclic) bond motifs is 1. The molecule has 0 aliphatic rings. The van der Waals surface area contributed by atoms with Crippen LogP contribution in [0.2, 0.25) is 0 Å². The minimum absolute atomic E-state index is 0.0189. The third-order valence-electron chi connectivity index (χ3n) is 4.40. The van der Waals surface area contributed by atoms with Crippen LogP contribution in [0.1, 0.15) is 22.8 Å². The summed E-state index contributed by atoms with van der Waals surface area (Å²) in [7, 11) is 0. The normalized spacial score (nSPS) is 11.1. The van der Waals surface area contributed by atoms with Crippen molar-refractivity contribution in [3.8, 4) is 11.4 Å². The Balaban J connectivity index is 1.53. The lowest BCUT2D eigenvalue weighted by atomic mass is 10.1. The zero-order valence-electron chi connectivity index (χ0n) is 14.7. The minimum atomic E-state index is 0.0189. The molecular formula is C19H18N6OS. The van der Waals surface area contributed by atoms with E-state index in [2.05, 4.69) is 33.2 Å². The standard InChI is InChI=1S/C19H18N6OS/c1-2-12-5-3-7-14-15(10-22-17(12)14)16(26)11-27-19-24-23-18(25(19)20)13-6-4-8-21-9-13/h3-10,22H,2,11,20H2,1H3. The first-order valence-corrected chi connectivity index (χ1v) is 9.53. The summed E-state index contributed by atoms with van der Waals surface area (Å²) in [6.07, 6.45) is 6.04. The molecular weight excluding hydrogens is 360 g/mol. The van der Waals surface area contributed by atoms with E-state index in [0.717, 1.165) is 22.9 Å². The van der Waals surface area contributed by atoms with Crippen molar-refractivity contribution >= 4 is 28.4 Å². The van der Waals surface area contributed by atoms with Crippen molar-refractivity contribution < 1.29 is 4.79 Å². The smallest absolute Gasteiger partial charge is 0.210 e. The van der Waals surface area contributed by atoms with Crippen LogP contribution < -0.4 is 5.84 Å². The largest absolute Gasteiger partial charge is 0.360 e. The Hall–Kier alpha value is -3.13. The molecule has 0 radical (unpaired) electrons. The van der Waals surface area contributed by atoms with E-state index in [-0.39, 0.29) is 11.5 Å². The number of Topliss-reactive ketones (excluding diaryl/α,β-unsaturated/α-hetero) is 1. The molecule has 0 unspecified atom stereocenters. The number of aromatic amines is 1. The number of aryl methyl sites for hydroxylation is 1. The lowest BCUT2D eigenvalue weighted by molar-refractivity contribution is 0.102. The van der Waals surface area contributed by atoms with Gasteiger partial charge >= 0.3 is 0 Å². The van der Waals surface area contributed by atoms with Crippen LogP contribution in [-0.2, 0) is 6.42 Å². The number of carbonyl (C=O) groups excluding carboxylic acids is 1. The first-order chi connectivity index (χ1) is 13.2. The molecule has 7 nitrogen and oxygen atoms in total. The van der Waals surface area contributed by atoms with Gasteiger partial charge in [-0.2, -0.15) is 0 Å². The Bertz CT molecular complexity index is 1100. The highest BCUT2D eigenvalue weighted by Gasteiger charge is 2.17. The predicted octanol–water partition coefficient (Wildman–Crippen LogP) is 3.07. The Morgan fingerprint density at radius 1 is 1.26 bits per heavy atom. The van der Waals surface area contributed by atoms with Gasteiger partial charge in [-0.15, -0.1) is 10.2 Å². The molecule has 0 saturated heterocycles. The fourth-order valence-electron chi connectivity index (χ4n) is 3.02. The van der Waals surface area contributed by atoms with Crippen LogP contribution in [0.5, 0.6) is 0 Å². The van der Waals surface area contributed by atoms with Crippen molar-refractivity contribution in [1.82, 2.24) is 24.8 Å². The molecule has 1 aromatic carbocycles. The SMILES string of the molecule is CCc1cccc2c(C(=O)CSc3nnc(-c4cccnc4)n3N)c[nH]c12. The van der Waals surface area contributed by atoms with E-state index in [9.17, 15) is 4.79 Å². The minimum Gasteiger partial charge on any atom is -0.360 e. The molecule has 27 heavy (non-hydrogen) atoms. The number of pyridine rings is 1. The predicted molar refractivity (Wildman–Crippen MR) is 106 cm³/mol. The molecule has 0 spiro atoms. The second kappa shape index (κ2) is 7.24. The van der Waals surface area contributed by atoms with Crippen molar-refractivity contribution in [2.24, 2.45) is 0 Å². The summed E-state index contributed by atoms with van der Waals surface area (Å²) in [5, 5.41) is 9.64. The maximum atomic E-state index is 12.7. The summed E-state index contributed by atoms with van der Waals surface area (Å²) in [4.78, 5) is 20.0. The molecule has 4 aromatic rings. The highest BCUT2D eigenvalue weighted by Crippen LogP contribution is 2.25. The van der Waals surface area contributed by atoms with Crippen LogP contribution in [-0.4, -0.2) is 36.4 Å².